The predicted molar refractivity (Wildman–Crippen MR) is 49.9 cm³/mol. The van der Waals surface area contributed by atoms with Gasteiger partial charge in [-0.25, -0.2) is 8.78 Å². The molecule has 0 heterocycles. The Morgan fingerprint density at radius 1 is 1.36 bits per heavy atom. The summed E-state index contributed by atoms with van der Waals surface area (Å²) in [5.41, 5.74) is -0.815. The second kappa shape index (κ2) is 3.30. The van der Waals surface area contributed by atoms with E-state index in [4.69, 9.17) is 6.42 Å². The third-order valence-electron chi connectivity index (χ3n) is 2.06. The lowest BCUT2D eigenvalue weighted by Crippen LogP contribution is -2.15. The van der Waals surface area contributed by atoms with Gasteiger partial charge in [0.05, 0.1) is 5.41 Å². The predicted octanol–water partition coefficient (Wildman–Crippen LogP) is 2.58. The van der Waals surface area contributed by atoms with Crippen molar-refractivity contribution >= 4 is 0 Å². The first-order valence-electron chi connectivity index (χ1n) is 4.04. The number of aromatic hydroxyl groups is 1. The number of hydrogen-bond donors (Lipinski definition) is 1. The molecule has 74 valence electrons. The Morgan fingerprint density at radius 3 is 2.43 bits per heavy atom. The quantitative estimate of drug-likeness (QED) is 0.684. The van der Waals surface area contributed by atoms with Crippen LogP contribution in [0.4, 0.5) is 8.78 Å². The summed E-state index contributed by atoms with van der Waals surface area (Å²) in [5.74, 6) is 0.0228. The molecule has 0 bridgehead atoms. The van der Waals surface area contributed by atoms with Gasteiger partial charge in [0.1, 0.15) is 5.82 Å². The highest BCUT2D eigenvalue weighted by molar-refractivity contribution is 5.43. The van der Waals surface area contributed by atoms with Gasteiger partial charge in [-0.05, 0) is 19.9 Å². The van der Waals surface area contributed by atoms with Crippen LogP contribution in [0.5, 0.6) is 5.75 Å². The van der Waals surface area contributed by atoms with Crippen LogP contribution >= 0.6 is 0 Å². The number of halogens is 2. The Morgan fingerprint density at radius 2 is 1.93 bits per heavy atom. The summed E-state index contributed by atoms with van der Waals surface area (Å²) in [4.78, 5) is 0. The maximum Gasteiger partial charge on any atom is 0.168 e. The lowest BCUT2D eigenvalue weighted by molar-refractivity contribution is 0.412. The molecule has 1 N–H and O–H groups in total. The Hall–Kier alpha value is -1.56. The molecule has 1 aromatic carbocycles. The molecule has 0 aliphatic carbocycles. The molecular weight excluding hydrogens is 186 g/mol. The minimum absolute atomic E-state index is 0.0810. The van der Waals surface area contributed by atoms with E-state index in [2.05, 4.69) is 5.92 Å². The van der Waals surface area contributed by atoms with Crippen LogP contribution in [0.15, 0.2) is 12.1 Å². The summed E-state index contributed by atoms with van der Waals surface area (Å²) in [5, 5.41) is 9.35. The van der Waals surface area contributed by atoms with Crippen molar-refractivity contribution in [3.8, 4) is 18.1 Å². The van der Waals surface area contributed by atoms with Crippen molar-refractivity contribution in [3.63, 3.8) is 0 Å². The van der Waals surface area contributed by atoms with Gasteiger partial charge in [-0.1, -0.05) is 5.92 Å². The molecular formula is C11H10F2O. The number of terminal acetylenes is 1. The lowest BCUT2D eigenvalue weighted by Gasteiger charge is -2.19. The number of phenolic OH excluding ortho intramolecular Hbond substituents is 1. The summed E-state index contributed by atoms with van der Waals surface area (Å²) in [6.07, 6.45) is 5.20. The maximum atomic E-state index is 12.9. The third kappa shape index (κ3) is 1.69. The second-order valence-electron chi connectivity index (χ2n) is 3.55. The highest BCUT2D eigenvalue weighted by atomic mass is 19.1. The van der Waals surface area contributed by atoms with Crippen LogP contribution in [0.2, 0.25) is 0 Å². The molecule has 0 radical (unpaired) electrons. The molecule has 0 saturated carbocycles. The zero-order chi connectivity index (χ0) is 10.9. The molecule has 0 aliphatic heterocycles. The van der Waals surface area contributed by atoms with Gasteiger partial charge >= 0.3 is 0 Å². The van der Waals surface area contributed by atoms with Crippen molar-refractivity contribution in [2.24, 2.45) is 0 Å². The van der Waals surface area contributed by atoms with Gasteiger partial charge in [0.2, 0.25) is 0 Å². The van der Waals surface area contributed by atoms with Crippen LogP contribution < -0.4 is 0 Å². The zero-order valence-electron chi connectivity index (χ0n) is 7.94. The van der Waals surface area contributed by atoms with Crippen LogP contribution in [-0.2, 0) is 5.41 Å². The van der Waals surface area contributed by atoms with E-state index >= 15 is 0 Å². The molecule has 3 heteroatoms. The molecule has 0 unspecified atom stereocenters. The van der Waals surface area contributed by atoms with Crippen molar-refractivity contribution in [3.05, 3.63) is 29.3 Å². The first-order valence-corrected chi connectivity index (χ1v) is 4.04. The van der Waals surface area contributed by atoms with Gasteiger partial charge in [-0.3, -0.25) is 0 Å². The highest BCUT2D eigenvalue weighted by Gasteiger charge is 2.24. The van der Waals surface area contributed by atoms with E-state index in [0.717, 1.165) is 6.07 Å². The fourth-order valence-corrected chi connectivity index (χ4v) is 1.12. The lowest BCUT2D eigenvalue weighted by atomic mass is 9.85. The molecule has 1 rings (SSSR count). The van der Waals surface area contributed by atoms with Crippen LogP contribution in [0.1, 0.15) is 19.4 Å². The minimum atomic E-state index is -0.997. The molecule has 0 aromatic heterocycles. The van der Waals surface area contributed by atoms with E-state index in [9.17, 15) is 13.9 Å². The monoisotopic (exact) mass is 196 g/mol. The smallest absolute Gasteiger partial charge is 0.168 e. The number of benzene rings is 1. The highest BCUT2D eigenvalue weighted by Crippen LogP contribution is 2.32. The maximum absolute atomic E-state index is 12.9. The van der Waals surface area contributed by atoms with E-state index in [0.29, 0.717) is 6.07 Å². The van der Waals surface area contributed by atoms with Gasteiger partial charge in [0, 0.05) is 11.6 Å². The van der Waals surface area contributed by atoms with E-state index in [1.807, 2.05) is 0 Å². The molecule has 0 atom stereocenters. The van der Waals surface area contributed by atoms with Gasteiger partial charge in [-0.2, -0.15) is 0 Å². The first-order chi connectivity index (χ1) is 6.38. The second-order valence-corrected chi connectivity index (χ2v) is 3.55. The minimum Gasteiger partial charge on any atom is -0.505 e. The normalized spacial score (nSPS) is 11.1. The number of hydrogen-bond acceptors (Lipinski definition) is 1. The van der Waals surface area contributed by atoms with E-state index in [1.165, 1.54) is 0 Å². The largest absolute Gasteiger partial charge is 0.505 e. The average molecular weight is 196 g/mol. The summed E-state index contributed by atoms with van der Waals surface area (Å²) in [7, 11) is 0. The molecule has 0 saturated heterocycles. The molecule has 1 nitrogen and oxygen atoms in total. The average Bonchev–Trinajstić information content (AvgIpc) is 2.11. The van der Waals surface area contributed by atoms with Crippen molar-refractivity contribution in [2.75, 3.05) is 0 Å². The van der Waals surface area contributed by atoms with Crippen LogP contribution in [0.3, 0.4) is 0 Å². The summed E-state index contributed by atoms with van der Waals surface area (Å²) < 4.78 is 25.8. The van der Waals surface area contributed by atoms with Crippen LogP contribution in [0, 0.1) is 24.0 Å². The summed E-state index contributed by atoms with van der Waals surface area (Å²) in [6.45, 7) is 3.20. The number of phenols is 1. The molecule has 14 heavy (non-hydrogen) atoms. The standard InChI is InChI=1S/C11H10F2O/c1-4-11(2,3)8-5-7(12)6-9(13)10(8)14/h1,5-6,14H,2-3H3. The van der Waals surface area contributed by atoms with E-state index in [-0.39, 0.29) is 5.56 Å². The van der Waals surface area contributed by atoms with Crippen molar-refractivity contribution in [1.29, 1.82) is 0 Å². The molecule has 0 spiro atoms. The van der Waals surface area contributed by atoms with Crippen molar-refractivity contribution < 1.29 is 13.9 Å². The van der Waals surface area contributed by atoms with Gasteiger partial charge < -0.3 is 5.11 Å². The Balaban J connectivity index is 3.44. The summed E-state index contributed by atoms with van der Waals surface area (Å²) >= 11 is 0. The van der Waals surface area contributed by atoms with E-state index in [1.54, 1.807) is 13.8 Å². The number of rotatable bonds is 1. The Bertz CT molecular complexity index is 402. The summed E-state index contributed by atoms with van der Waals surface area (Å²) in [6, 6.07) is 1.66. The molecule has 0 aliphatic rings. The topological polar surface area (TPSA) is 20.2 Å². The van der Waals surface area contributed by atoms with Crippen molar-refractivity contribution in [2.45, 2.75) is 19.3 Å². The van der Waals surface area contributed by atoms with E-state index < -0.39 is 22.8 Å². The van der Waals surface area contributed by atoms with Gasteiger partial charge in [0.25, 0.3) is 0 Å². The zero-order valence-corrected chi connectivity index (χ0v) is 7.94. The fourth-order valence-electron chi connectivity index (χ4n) is 1.12. The SMILES string of the molecule is C#CC(C)(C)c1cc(F)cc(F)c1O. The molecule has 1 aromatic rings. The first kappa shape index (κ1) is 10.5. The Labute approximate surface area is 81.4 Å². The fraction of sp³-hybridized carbons (Fsp3) is 0.273. The molecule has 0 amide bonds. The van der Waals surface area contributed by atoms with Crippen LogP contribution in [0.25, 0.3) is 0 Å². The molecule has 0 fully saturated rings. The Kier molecular flexibility index (Phi) is 2.48. The van der Waals surface area contributed by atoms with Crippen molar-refractivity contribution in [1.82, 2.24) is 0 Å². The third-order valence-corrected chi connectivity index (χ3v) is 2.06. The van der Waals surface area contributed by atoms with Gasteiger partial charge in [0.15, 0.2) is 11.6 Å². The van der Waals surface area contributed by atoms with Gasteiger partial charge in [-0.15, -0.1) is 6.42 Å². The van der Waals surface area contributed by atoms with Crippen LogP contribution in [-0.4, -0.2) is 5.11 Å².